The molecule has 1 aromatic rings. The number of nitrogens with zero attached hydrogens (tertiary/aromatic N) is 2. The minimum absolute atomic E-state index is 0.208. The summed E-state index contributed by atoms with van der Waals surface area (Å²) in [6, 6.07) is 2.36. The van der Waals surface area contributed by atoms with Crippen LogP contribution in [0.1, 0.15) is 44.8 Å². The highest BCUT2D eigenvalue weighted by Gasteiger charge is 2.24. The average Bonchev–Trinajstić information content (AvgIpc) is 2.87. The molecular formula is C14H24FN3. The minimum atomic E-state index is -0.743. The molecule has 0 spiro atoms. The van der Waals surface area contributed by atoms with Gasteiger partial charge in [0.05, 0.1) is 5.69 Å². The highest BCUT2D eigenvalue weighted by Crippen LogP contribution is 2.22. The highest BCUT2D eigenvalue weighted by atomic mass is 19.1. The predicted molar refractivity (Wildman–Crippen MR) is 71.4 cm³/mol. The third kappa shape index (κ3) is 3.31. The van der Waals surface area contributed by atoms with E-state index in [1.54, 1.807) is 0 Å². The highest BCUT2D eigenvalue weighted by molar-refractivity contribution is 5.02. The molecule has 4 heteroatoms. The summed E-state index contributed by atoms with van der Waals surface area (Å²) in [5.41, 5.74) is 0.890. The van der Waals surface area contributed by atoms with Crippen molar-refractivity contribution in [2.24, 2.45) is 5.92 Å². The SMILES string of the molecule is CCC(C)n1ccc(CC(F)C2CCNCC2)n1. The van der Waals surface area contributed by atoms with E-state index in [-0.39, 0.29) is 5.92 Å². The Morgan fingerprint density at radius 1 is 1.50 bits per heavy atom. The quantitative estimate of drug-likeness (QED) is 0.874. The van der Waals surface area contributed by atoms with E-state index in [1.165, 1.54) is 0 Å². The molecule has 0 saturated carbocycles. The van der Waals surface area contributed by atoms with Crippen molar-refractivity contribution in [1.29, 1.82) is 0 Å². The molecule has 3 nitrogen and oxygen atoms in total. The summed E-state index contributed by atoms with van der Waals surface area (Å²) < 4.78 is 16.1. The zero-order valence-electron chi connectivity index (χ0n) is 11.4. The number of piperidine rings is 1. The van der Waals surface area contributed by atoms with Crippen molar-refractivity contribution in [2.45, 2.75) is 51.7 Å². The van der Waals surface area contributed by atoms with E-state index in [9.17, 15) is 4.39 Å². The molecule has 1 fully saturated rings. The van der Waals surface area contributed by atoms with Gasteiger partial charge in [0.1, 0.15) is 6.17 Å². The summed E-state index contributed by atoms with van der Waals surface area (Å²) in [6.45, 7) is 6.17. The summed E-state index contributed by atoms with van der Waals surface area (Å²) in [7, 11) is 0. The first kappa shape index (κ1) is 13.5. The summed E-state index contributed by atoms with van der Waals surface area (Å²) in [5, 5.41) is 7.75. The van der Waals surface area contributed by atoms with Crippen LogP contribution >= 0.6 is 0 Å². The molecule has 2 atom stereocenters. The van der Waals surface area contributed by atoms with E-state index in [0.29, 0.717) is 12.5 Å². The minimum Gasteiger partial charge on any atom is -0.317 e. The van der Waals surface area contributed by atoms with Crippen molar-refractivity contribution in [1.82, 2.24) is 15.1 Å². The Morgan fingerprint density at radius 3 is 2.89 bits per heavy atom. The Morgan fingerprint density at radius 2 is 2.22 bits per heavy atom. The molecule has 2 heterocycles. The van der Waals surface area contributed by atoms with Crippen LogP contribution in [-0.4, -0.2) is 29.0 Å². The fraction of sp³-hybridized carbons (Fsp3) is 0.786. The van der Waals surface area contributed by atoms with Crippen molar-refractivity contribution in [2.75, 3.05) is 13.1 Å². The van der Waals surface area contributed by atoms with Crippen LogP contribution < -0.4 is 5.32 Å². The van der Waals surface area contributed by atoms with E-state index in [2.05, 4.69) is 24.3 Å². The molecular weight excluding hydrogens is 229 g/mol. The fourth-order valence-corrected chi connectivity index (χ4v) is 2.49. The lowest BCUT2D eigenvalue weighted by molar-refractivity contribution is 0.185. The van der Waals surface area contributed by atoms with E-state index in [0.717, 1.165) is 38.0 Å². The van der Waals surface area contributed by atoms with Crippen molar-refractivity contribution in [3.8, 4) is 0 Å². The Kier molecular flexibility index (Phi) is 4.75. The normalized spacial score (nSPS) is 20.8. The smallest absolute Gasteiger partial charge is 0.109 e. The third-order valence-corrected chi connectivity index (χ3v) is 4.01. The second kappa shape index (κ2) is 6.32. The van der Waals surface area contributed by atoms with Crippen molar-refractivity contribution in [3.63, 3.8) is 0 Å². The van der Waals surface area contributed by atoms with Gasteiger partial charge in [0.15, 0.2) is 0 Å². The van der Waals surface area contributed by atoms with E-state index in [1.807, 2.05) is 16.9 Å². The molecule has 0 radical (unpaired) electrons. The van der Waals surface area contributed by atoms with Crippen LogP contribution in [0.3, 0.4) is 0 Å². The Bertz CT molecular complexity index is 358. The van der Waals surface area contributed by atoms with Gasteiger partial charge in [-0.05, 0) is 51.3 Å². The molecule has 2 unspecified atom stereocenters. The lowest BCUT2D eigenvalue weighted by atomic mass is 9.91. The largest absolute Gasteiger partial charge is 0.317 e. The number of nitrogens with one attached hydrogen (secondary N) is 1. The molecule has 0 bridgehead atoms. The molecule has 1 N–H and O–H groups in total. The van der Waals surface area contributed by atoms with Crippen LogP contribution in [-0.2, 0) is 6.42 Å². The fourth-order valence-electron chi connectivity index (χ4n) is 2.49. The van der Waals surface area contributed by atoms with Gasteiger partial charge in [0.2, 0.25) is 0 Å². The number of halogens is 1. The van der Waals surface area contributed by atoms with Gasteiger partial charge in [-0.3, -0.25) is 4.68 Å². The molecule has 1 aromatic heterocycles. The van der Waals surface area contributed by atoms with Gasteiger partial charge < -0.3 is 5.32 Å². The van der Waals surface area contributed by atoms with Crippen LogP contribution in [0.4, 0.5) is 4.39 Å². The molecule has 1 aliphatic heterocycles. The van der Waals surface area contributed by atoms with Crippen LogP contribution in [0.5, 0.6) is 0 Å². The lowest BCUT2D eigenvalue weighted by Crippen LogP contribution is -2.33. The van der Waals surface area contributed by atoms with E-state index < -0.39 is 6.17 Å². The Labute approximate surface area is 109 Å². The van der Waals surface area contributed by atoms with Gasteiger partial charge in [-0.25, -0.2) is 4.39 Å². The summed E-state index contributed by atoms with van der Waals surface area (Å²) in [5.74, 6) is 0.208. The maximum absolute atomic E-state index is 14.2. The molecule has 18 heavy (non-hydrogen) atoms. The third-order valence-electron chi connectivity index (χ3n) is 4.01. The van der Waals surface area contributed by atoms with E-state index >= 15 is 0 Å². The molecule has 0 aromatic carbocycles. The number of rotatable bonds is 5. The summed E-state index contributed by atoms with van der Waals surface area (Å²) in [6.07, 6.45) is 4.65. The van der Waals surface area contributed by atoms with Gasteiger partial charge in [-0.2, -0.15) is 5.10 Å². The van der Waals surface area contributed by atoms with Gasteiger partial charge in [-0.1, -0.05) is 6.92 Å². The first-order chi connectivity index (χ1) is 8.70. The molecule has 0 amide bonds. The van der Waals surface area contributed by atoms with Crippen LogP contribution in [0, 0.1) is 5.92 Å². The van der Waals surface area contributed by atoms with Crippen LogP contribution in [0.2, 0.25) is 0 Å². The zero-order chi connectivity index (χ0) is 13.0. The number of aromatic nitrogens is 2. The molecule has 0 aliphatic carbocycles. The molecule has 1 saturated heterocycles. The Hall–Kier alpha value is -0.900. The van der Waals surface area contributed by atoms with Crippen LogP contribution in [0.25, 0.3) is 0 Å². The van der Waals surface area contributed by atoms with Gasteiger partial charge in [-0.15, -0.1) is 0 Å². The average molecular weight is 253 g/mol. The molecule has 102 valence electrons. The van der Waals surface area contributed by atoms with Crippen molar-refractivity contribution >= 4 is 0 Å². The first-order valence-corrected chi connectivity index (χ1v) is 7.09. The topological polar surface area (TPSA) is 29.9 Å². The van der Waals surface area contributed by atoms with Crippen molar-refractivity contribution in [3.05, 3.63) is 18.0 Å². The molecule has 2 rings (SSSR count). The molecule has 1 aliphatic rings. The summed E-state index contributed by atoms with van der Waals surface area (Å²) in [4.78, 5) is 0. The summed E-state index contributed by atoms with van der Waals surface area (Å²) >= 11 is 0. The maximum Gasteiger partial charge on any atom is 0.109 e. The standard InChI is InChI=1S/C14H24FN3/c1-3-11(2)18-9-6-13(17-18)10-14(15)12-4-7-16-8-5-12/h6,9,11-12,14,16H,3-5,7-8,10H2,1-2H3. The monoisotopic (exact) mass is 253 g/mol. The first-order valence-electron chi connectivity index (χ1n) is 7.09. The van der Waals surface area contributed by atoms with Gasteiger partial charge in [0.25, 0.3) is 0 Å². The predicted octanol–water partition coefficient (Wildman–Crippen LogP) is 2.73. The van der Waals surface area contributed by atoms with E-state index in [4.69, 9.17) is 0 Å². The zero-order valence-corrected chi connectivity index (χ0v) is 11.4. The lowest BCUT2D eigenvalue weighted by Gasteiger charge is -2.25. The second-order valence-electron chi connectivity index (χ2n) is 5.35. The van der Waals surface area contributed by atoms with Crippen LogP contribution in [0.15, 0.2) is 12.3 Å². The number of hydrogen-bond donors (Lipinski definition) is 1. The second-order valence-corrected chi connectivity index (χ2v) is 5.35. The van der Waals surface area contributed by atoms with Gasteiger partial charge in [0, 0.05) is 18.7 Å². The number of alkyl halides is 1. The van der Waals surface area contributed by atoms with Gasteiger partial charge >= 0.3 is 0 Å². The Balaban J connectivity index is 1.90. The van der Waals surface area contributed by atoms with Crippen molar-refractivity contribution < 1.29 is 4.39 Å². The maximum atomic E-state index is 14.2. The number of hydrogen-bond acceptors (Lipinski definition) is 2.